The van der Waals surface area contributed by atoms with Gasteiger partial charge in [-0.3, -0.25) is 15.0 Å². The average Bonchev–Trinajstić information content (AvgIpc) is 3.16. The van der Waals surface area contributed by atoms with Gasteiger partial charge in [0.25, 0.3) is 11.5 Å². The number of carbonyl (C=O) groups is 1. The summed E-state index contributed by atoms with van der Waals surface area (Å²) < 4.78 is 13.9. The highest BCUT2D eigenvalue weighted by Crippen LogP contribution is 2.30. The molecule has 0 atom stereocenters. The van der Waals surface area contributed by atoms with Crippen LogP contribution in [0.2, 0.25) is 5.02 Å². The molecule has 4 heterocycles. The number of amides is 1. The first kappa shape index (κ1) is 21.1. The standard InChI is InChI=1S/C24H17ClN6O4/c25-16-5-2-14(3-6-16)17-13-26-31-18-8-9-30(24(33)21(18)27-28-22(17)31)29-23(32)15-4-7-19-20(12-15)35-11-1-10-34-19/h2-9,12-13H,1,10-11H2,(H,29,32). The third kappa shape index (κ3) is 3.73. The number of halogens is 1. The van der Waals surface area contributed by atoms with Gasteiger partial charge in [0.15, 0.2) is 22.7 Å². The molecule has 1 aliphatic heterocycles. The summed E-state index contributed by atoms with van der Waals surface area (Å²) in [6, 6.07) is 13.8. The van der Waals surface area contributed by atoms with E-state index in [9.17, 15) is 9.59 Å². The number of benzene rings is 2. The van der Waals surface area contributed by atoms with Gasteiger partial charge in [0.2, 0.25) is 0 Å². The van der Waals surface area contributed by atoms with Gasteiger partial charge < -0.3 is 9.47 Å². The lowest BCUT2D eigenvalue weighted by atomic mass is 10.1. The summed E-state index contributed by atoms with van der Waals surface area (Å²) in [4.78, 5) is 25.9. The third-order valence-corrected chi connectivity index (χ3v) is 5.90. The van der Waals surface area contributed by atoms with Gasteiger partial charge in [-0.15, -0.1) is 10.2 Å². The Hall–Kier alpha value is -4.44. The first-order valence-corrected chi connectivity index (χ1v) is 11.2. The zero-order valence-electron chi connectivity index (χ0n) is 18.1. The van der Waals surface area contributed by atoms with Crippen LogP contribution in [0.4, 0.5) is 0 Å². The number of nitrogens with one attached hydrogen (secondary N) is 1. The van der Waals surface area contributed by atoms with Crippen molar-refractivity contribution in [3.8, 4) is 22.6 Å². The van der Waals surface area contributed by atoms with E-state index >= 15 is 0 Å². The molecule has 1 N–H and O–H groups in total. The maximum Gasteiger partial charge on any atom is 0.299 e. The fourth-order valence-electron chi connectivity index (χ4n) is 3.89. The molecule has 1 amide bonds. The Balaban J connectivity index is 1.34. The van der Waals surface area contributed by atoms with Crippen LogP contribution in [0.25, 0.3) is 27.8 Å². The van der Waals surface area contributed by atoms with Crippen LogP contribution in [-0.2, 0) is 0 Å². The molecule has 2 aromatic carbocycles. The Morgan fingerprint density at radius 2 is 1.80 bits per heavy atom. The lowest BCUT2D eigenvalue weighted by Crippen LogP contribution is -2.33. The molecular formula is C24H17ClN6O4. The Morgan fingerprint density at radius 3 is 2.63 bits per heavy atom. The van der Waals surface area contributed by atoms with Crippen LogP contribution in [0.5, 0.6) is 11.5 Å². The maximum atomic E-state index is 13.1. The molecule has 11 heteroatoms. The number of pyridine rings is 1. The Morgan fingerprint density at radius 1 is 1.00 bits per heavy atom. The maximum absolute atomic E-state index is 13.1. The van der Waals surface area contributed by atoms with Crippen LogP contribution in [0.3, 0.4) is 0 Å². The molecule has 6 rings (SSSR count). The van der Waals surface area contributed by atoms with Crippen LogP contribution in [0, 0.1) is 0 Å². The molecule has 5 aromatic rings. The number of ether oxygens (including phenoxy) is 2. The average molecular weight is 489 g/mol. The van der Waals surface area contributed by atoms with E-state index in [1.165, 1.54) is 6.20 Å². The van der Waals surface area contributed by atoms with E-state index in [1.54, 1.807) is 47.1 Å². The van der Waals surface area contributed by atoms with Gasteiger partial charge in [0.1, 0.15) is 5.52 Å². The van der Waals surface area contributed by atoms with E-state index in [1.807, 2.05) is 12.1 Å². The van der Waals surface area contributed by atoms with E-state index in [0.29, 0.717) is 46.5 Å². The van der Waals surface area contributed by atoms with Gasteiger partial charge in [-0.1, -0.05) is 23.7 Å². The zero-order valence-corrected chi connectivity index (χ0v) is 18.9. The lowest BCUT2D eigenvalue weighted by molar-refractivity contribution is 0.101. The molecular weight excluding hydrogens is 472 g/mol. The summed E-state index contributed by atoms with van der Waals surface area (Å²) in [6.45, 7) is 1.05. The highest BCUT2D eigenvalue weighted by molar-refractivity contribution is 6.30. The summed E-state index contributed by atoms with van der Waals surface area (Å²) in [6.07, 6.45) is 3.87. The van der Waals surface area contributed by atoms with Crippen molar-refractivity contribution in [2.75, 3.05) is 18.6 Å². The number of aromatic nitrogens is 5. The molecule has 1 aliphatic rings. The minimum absolute atomic E-state index is 0.0599. The molecule has 0 aliphatic carbocycles. The summed E-state index contributed by atoms with van der Waals surface area (Å²) >= 11 is 5.99. The molecule has 0 saturated heterocycles. The van der Waals surface area contributed by atoms with Gasteiger partial charge in [-0.2, -0.15) is 5.10 Å². The summed E-state index contributed by atoms with van der Waals surface area (Å²) in [5.74, 6) is 0.586. The van der Waals surface area contributed by atoms with Gasteiger partial charge in [-0.05, 0) is 42.0 Å². The Labute approximate surface area is 202 Å². The largest absolute Gasteiger partial charge is 0.490 e. The predicted octanol–water partition coefficient (Wildman–Crippen LogP) is 3.30. The molecule has 0 spiro atoms. The molecule has 10 nitrogen and oxygen atoms in total. The fourth-order valence-corrected chi connectivity index (χ4v) is 4.02. The lowest BCUT2D eigenvalue weighted by Gasteiger charge is -2.11. The SMILES string of the molecule is O=C(Nn1ccc2c(nnc3c(-c4ccc(Cl)cc4)cnn32)c1=O)c1ccc2c(c1)OCCCO2. The molecule has 174 valence electrons. The van der Waals surface area contributed by atoms with Crippen molar-refractivity contribution in [3.63, 3.8) is 0 Å². The van der Waals surface area contributed by atoms with Gasteiger partial charge in [0, 0.05) is 28.8 Å². The van der Waals surface area contributed by atoms with Crippen molar-refractivity contribution in [1.29, 1.82) is 0 Å². The Kier molecular flexibility index (Phi) is 5.07. The highest BCUT2D eigenvalue weighted by Gasteiger charge is 2.17. The van der Waals surface area contributed by atoms with E-state index < -0.39 is 11.5 Å². The molecule has 35 heavy (non-hydrogen) atoms. The molecule has 0 radical (unpaired) electrons. The second-order valence-corrected chi connectivity index (χ2v) is 8.31. The zero-order chi connectivity index (χ0) is 23.9. The van der Waals surface area contributed by atoms with Crippen LogP contribution in [0.15, 0.2) is 65.7 Å². The molecule has 3 aromatic heterocycles. The van der Waals surface area contributed by atoms with Crippen molar-refractivity contribution < 1.29 is 14.3 Å². The van der Waals surface area contributed by atoms with Crippen LogP contribution < -0.4 is 20.5 Å². The van der Waals surface area contributed by atoms with Crippen molar-refractivity contribution in [2.45, 2.75) is 6.42 Å². The minimum atomic E-state index is -0.539. The number of rotatable bonds is 3. The van der Waals surface area contributed by atoms with E-state index in [2.05, 4.69) is 20.7 Å². The van der Waals surface area contributed by atoms with Crippen molar-refractivity contribution in [3.05, 3.63) is 81.9 Å². The monoisotopic (exact) mass is 488 g/mol. The summed E-state index contributed by atoms with van der Waals surface area (Å²) in [5.41, 5.74) is 5.00. The minimum Gasteiger partial charge on any atom is -0.490 e. The number of fused-ring (bicyclic) bond motifs is 4. The van der Waals surface area contributed by atoms with Crippen LogP contribution in [-0.4, -0.2) is 43.6 Å². The molecule has 0 saturated carbocycles. The normalized spacial score (nSPS) is 13.1. The quantitative estimate of drug-likeness (QED) is 0.414. The number of nitrogens with zero attached hydrogens (tertiary/aromatic N) is 5. The van der Waals surface area contributed by atoms with Crippen molar-refractivity contribution in [1.82, 2.24) is 24.5 Å². The first-order valence-electron chi connectivity index (χ1n) is 10.8. The first-order chi connectivity index (χ1) is 17.1. The van der Waals surface area contributed by atoms with E-state index in [4.69, 9.17) is 21.1 Å². The number of hydrogen-bond donors (Lipinski definition) is 1. The van der Waals surface area contributed by atoms with E-state index in [-0.39, 0.29) is 5.52 Å². The molecule has 0 bridgehead atoms. The van der Waals surface area contributed by atoms with Crippen LogP contribution in [0.1, 0.15) is 16.8 Å². The summed E-state index contributed by atoms with van der Waals surface area (Å²) in [7, 11) is 0. The van der Waals surface area contributed by atoms with Crippen molar-refractivity contribution in [2.24, 2.45) is 0 Å². The smallest absolute Gasteiger partial charge is 0.299 e. The van der Waals surface area contributed by atoms with E-state index in [0.717, 1.165) is 22.2 Å². The fraction of sp³-hybridized carbons (Fsp3) is 0.125. The second kappa shape index (κ2) is 8.41. The Bertz CT molecular complexity index is 1660. The second-order valence-electron chi connectivity index (χ2n) is 7.88. The van der Waals surface area contributed by atoms with Crippen molar-refractivity contribution >= 4 is 34.2 Å². The van der Waals surface area contributed by atoms with Gasteiger partial charge in [0.05, 0.1) is 19.4 Å². The topological polar surface area (TPSA) is 113 Å². The highest BCUT2D eigenvalue weighted by atomic mass is 35.5. The molecule has 0 fully saturated rings. The summed E-state index contributed by atoms with van der Waals surface area (Å²) in [5, 5.41) is 13.4. The number of hydrogen-bond acceptors (Lipinski definition) is 7. The van der Waals surface area contributed by atoms with Gasteiger partial charge >= 0.3 is 0 Å². The number of carbonyl (C=O) groups excluding carboxylic acids is 1. The van der Waals surface area contributed by atoms with Gasteiger partial charge in [-0.25, -0.2) is 9.19 Å². The third-order valence-electron chi connectivity index (χ3n) is 5.65. The molecule has 0 unspecified atom stereocenters. The van der Waals surface area contributed by atoms with Crippen LogP contribution >= 0.6 is 11.6 Å². The predicted molar refractivity (Wildman–Crippen MR) is 129 cm³/mol.